The van der Waals surface area contributed by atoms with E-state index in [-0.39, 0.29) is 0 Å². The Labute approximate surface area is 127 Å². The zero-order chi connectivity index (χ0) is 14.0. The third-order valence-electron chi connectivity index (χ3n) is 2.30. The van der Waals surface area contributed by atoms with Crippen molar-refractivity contribution in [3.8, 4) is 0 Å². The fraction of sp³-hybridized carbons (Fsp3) is 0. The highest BCUT2D eigenvalue weighted by Gasteiger charge is 2.20. The molecular formula is C12H8Br2FNO2S. The highest BCUT2D eigenvalue weighted by atomic mass is 79.9. The van der Waals surface area contributed by atoms with Gasteiger partial charge in [0.2, 0.25) is 0 Å². The lowest BCUT2D eigenvalue weighted by atomic mass is 10.3. The van der Waals surface area contributed by atoms with Crippen molar-refractivity contribution >= 4 is 47.6 Å². The molecule has 0 heterocycles. The maximum absolute atomic E-state index is 13.7. The number of sulfonamides is 1. The van der Waals surface area contributed by atoms with E-state index in [0.29, 0.717) is 14.6 Å². The second-order valence-corrected chi connectivity index (χ2v) is 7.08. The van der Waals surface area contributed by atoms with Crippen molar-refractivity contribution in [2.45, 2.75) is 4.90 Å². The van der Waals surface area contributed by atoms with Gasteiger partial charge in [-0.05, 0) is 46.3 Å². The van der Waals surface area contributed by atoms with Crippen LogP contribution in [0.5, 0.6) is 0 Å². The molecule has 0 bridgehead atoms. The van der Waals surface area contributed by atoms with Crippen molar-refractivity contribution in [2.75, 3.05) is 4.72 Å². The number of halogens is 3. The third-order valence-corrected chi connectivity index (χ3v) is 4.89. The van der Waals surface area contributed by atoms with Crippen LogP contribution in [0.2, 0.25) is 0 Å². The van der Waals surface area contributed by atoms with E-state index < -0.39 is 20.7 Å². The minimum absolute atomic E-state index is 0.352. The van der Waals surface area contributed by atoms with E-state index in [1.807, 2.05) is 0 Å². The highest BCUT2D eigenvalue weighted by Crippen LogP contribution is 2.26. The summed E-state index contributed by atoms with van der Waals surface area (Å²) in [5.74, 6) is -0.811. The first-order valence-electron chi connectivity index (χ1n) is 5.12. The first kappa shape index (κ1) is 14.5. The Morgan fingerprint density at radius 3 is 2.37 bits per heavy atom. The van der Waals surface area contributed by atoms with Crippen LogP contribution < -0.4 is 4.72 Å². The van der Waals surface area contributed by atoms with E-state index in [1.165, 1.54) is 12.1 Å². The lowest BCUT2D eigenvalue weighted by Gasteiger charge is -2.10. The molecule has 0 saturated heterocycles. The van der Waals surface area contributed by atoms with Gasteiger partial charge in [0.1, 0.15) is 10.7 Å². The summed E-state index contributed by atoms with van der Waals surface area (Å²) in [5.41, 5.74) is 0.352. The second-order valence-electron chi connectivity index (χ2n) is 3.66. The molecule has 2 aromatic rings. The van der Waals surface area contributed by atoms with Gasteiger partial charge in [-0.2, -0.15) is 0 Å². The molecule has 0 aromatic heterocycles. The standard InChI is InChI=1S/C12H8Br2FNO2S/c13-8-5-6-12(10(15)7-8)19(17,18)16-11-4-2-1-3-9(11)14/h1-7,16H. The Morgan fingerprint density at radius 2 is 1.74 bits per heavy atom. The number of hydrogen-bond acceptors (Lipinski definition) is 2. The first-order chi connectivity index (χ1) is 8.90. The fourth-order valence-electron chi connectivity index (χ4n) is 1.44. The summed E-state index contributed by atoms with van der Waals surface area (Å²) < 4.78 is 41.3. The Balaban J connectivity index is 2.41. The molecule has 0 amide bonds. The molecule has 0 fully saturated rings. The number of nitrogens with one attached hydrogen (secondary N) is 1. The number of anilines is 1. The van der Waals surface area contributed by atoms with Gasteiger partial charge in [-0.15, -0.1) is 0 Å². The molecule has 0 aliphatic carbocycles. The molecule has 2 aromatic carbocycles. The van der Waals surface area contributed by atoms with Gasteiger partial charge >= 0.3 is 0 Å². The van der Waals surface area contributed by atoms with Gasteiger partial charge in [0.15, 0.2) is 0 Å². The third kappa shape index (κ3) is 3.34. The Bertz CT molecular complexity index is 719. The largest absolute Gasteiger partial charge is 0.278 e. The minimum Gasteiger partial charge on any atom is -0.278 e. The van der Waals surface area contributed by atoms with Crippen molar-refractivity contribution in [3.63, 3.8) is 0 Å². The predicted molar refractivity (Wildman–Crippen MR) is 79.1 cm³/mol. The van der Waals surface area contributed by atoms with E-state index in [1.54, 1.807) is 24.3 Å². The highest BCUT2D eigenvalue weighted by molar-refractivity contribution is 9.10. The van der Waals surface area contributed by atoms with E-state index in [9.17, 15) is 12.8 Å². The molecule has 100 valence electrons. The molecule has 0 atom stereocenters. The number of rotatable bonds is 3. The minimum atomic E-state index is -3.96. The number of para-hydroxylation sites is 1. The topological polar surface area (TPSA) is 46.2 Å². The van der Waals surface area contributed by atoms with Crippen LogP contribution in [-0.2, 0) is 10.0 Å². The summed E-state index contributed by atoms with van der Waals surface area (Å²) in [5, 5.41) is 0. The summed E-state index contributed by atoms with van der Waals surface area (Å²) in [6.07, 6.45) is 0. The van der Waals surface area contributed by atoms with E-state index in [2.05, 4.69) is 36.6 Å². The van der Waals surface area contributed by atoms with E-state index >= 15 is 0 Å². The molecule has 1 N–H and O–H groups in total. The van der Waals surface area contributed by atoms with Crippen LogP contribution in [0.15, 0.2) is 56.3 Å². The summed E-state index contributed by atoms with van der Waals surface area (Å²) in [7, 11) is -3.96. The smallest absolute Gasteiger partial charge is 0.264 e. The molecule has 0 radical (unpaired) electrons. The van der Waals surface area contributed by atoms with Crippen LogP contribution in [0, 0.1) is 5.82 Å². The number of hydrogen-bond donors (Lipinski definition) is 1. The predicted octanol–water partition coefficient (Wildman–Crippen LogP) is 4.15. The van der Waals surface area contributed by atoms with Gasteiger partial charge in [0.05, 0.1) is 5.69 Å². The SMILES string of the molecule is O=S(=O)(Nc1ccccc1Br)c1ccc(Br)cc1F. The molecule has 0 saturated carbocycles. The maximum atomic E-state index is 13.7. The Kier molecular flexibility index (Phi) is 4.27. The Morgan fingerprint density at radius 1 is 1.05 bits per heavy atom. The summed E-state index contributed by atoms with van der Waals surface area (Å²) in [4.78, 5) is -0.397. The Hall–Kier alpha value is -0.920. The lowest BCUT2D eigenvalue weighted by molar-refractivity contribution is 0.570. The van der Waals surface area contributed by atoms with Crippen LogP contribution in [-0.4, -0.2) is 8.42 Å². The van der Waals surface area contributed by atoms with E-state index in [4.69, 9.17) is 0 Å². The van der Waals surface area contributed by atoms with Gasteiger partial charge in [0, 0.05) is 8.95 Å². The number of benzene rings is 2. The molecule has 3 nitrogen and oxygen atoms in total. The van der Waals surface area contributed by atoms with E-state index in [0.717, 1.165) is 6.07 Å². The van der Waals surface area contributed by atoms with Crippen molar-refractivity contribution in [1.82, 2.24) is 0 Å². The quantitative estimate of drug-likeness (QED) is 0.828. The average molecular weight is 409 g/mol. The fourth-order valence-corrected chi connectivity index (χ4v) is 3.43. The lowest BCUT2D eigenvalue weighted by Crippen LogP contribution is -2.14. The second kappa shape index (κ2) is 5.60. The molecule has 0 spiro atoms. The van der Waals surface area contributed by atoms with Crippen molar-refractivity contribution < 1.29 is 12.8 Å². The van der Waals surface area contributed by atoms with Crippen molar-refractivity contribution in [3.05, 3.63) is 57.2 Å². The first-order valence-corrected chi connectivity index (χ1v) is 8.19. The molecule has 0 aliphatic rings. The molecular weight excluding hydrogens is 401 g/mol. The molecule has 0 unspecified atom stereocenters. The van der Waals surface area contributed by atoms with Gasteiger partial charge < -0.3 is 0 Å². The van der Waals surface area contributed by atoms with Gasteiger partial charge in [-0.25, -0.2) is 12.8 Å². The molecule has 7 heteroatoms. The normalized spacial score (nSPS) is 11.3. The van der Waals surface area contributed by atoms with Gasteiger partial charge in [-0.1, -0.05) is 28.1 Å². The summed E-state index contributed by atoms with van der Waals surface area (Å²) >= 11 is 6.30. The monoisotopic (exact) mass is 407 g/mol. The zero-order valence-corrected chi connectivity index (χ0v) is 13.4. The van der Waals surface area contributed by atoms with Crippen LogP contribution >= 0.6 is 31.9 Å². The van der Waals surface area contributed by atoms with Crippen LogP contribution in [0.25, 0.3) is 0 Å². The van der Waals surface area contributed by atoms with Crippen molar-refractivity contribution in [2.24, 2.45) is 0 Å². The maximum Gasteiger partial charge on any atom is 0.264 e. The molecule has 0 aliphatic heterocycles. The van der Waals surface area contributed by atoms with Gasteiger partial charge in [0.25, 0.3) is 10.0 Å². The van der Waals surface area contributed by atoms with Crippen LogP contribution in [0.1, 0.15) is 0 Å². The summed E-state index contributed by atoms with van der Waals surface area (Å²) in [6.45, 7) is 0. The molecule has 19 heavy (non-hydrogen) atoms. The average Bonchev–Trinajstić information content (AvgIpc) is 2.31. The van der Waals surface area contributed by atoms with Crippen LogP contribution in [0.3, 0.4) is 0 Å². The van der Waals surface area contributed by atoms with Gasteiger partial charge in [-0.3, -0.25) is 4.72 Å². The van der Waals surface area contributed by atoms with Crippen molar-refractivity contribution in [1.29, 1.82) is 0 Å². The molecule has 2 rings (SSSR count). The summed E-state index contributed by atoms with van der Waals surface area (Å²) in [6, 6.07) is 10.5. The zero-order valence-electron chi connectivity index (χ0n) is 9.40. The van der Waals surface area contributed by atoms with Crippen LogP contribution in [0.4, 0.5) is 10.1 Å².